The zero-order chi connectivity index (χ0) is 19.5. The number of benzene rings is 2. The Balaban J connectivity index is 0.00000392. The van der Waals surface area contributed by atoms with Gasteiger partial charge in [-0.1, -0.05) is 32.0 Å². The Kier molecular flexibility index (Phi) is 14.5. The van der Waals surface area contributed by atoms with Crippen molar-refractivity contribution in [3.8, 4) is 11.5 Å². The SMILES string of the molecule is CCN(CC)CCCNCc1ccc(OCc2ccc(F)cc2)c(OC)c1.Cl.Cl. The van der Waals surface area contributed by atoms with Crippen LogP contribution in [0.4, 0.5) is 4.39 Å². The second-order valence-corrected chi connectivity index (χ2v) is 6.46. The lowest BCUT2D eigenvalue weighted by Crippen LogP contribution is -2.27. The number of halogens is 3. The van der Waals surface area contributed by atoms with Gasteiger partial charge in [-0.25, -0.2) is 4.39 Å². The molecule has 2 rings (SSSR count). The third kappa shape index (κ3) is 9.68. The number of nitrogens with one attached hydrogen (secondary N) is 1. The second-order valence-electron chi connectivity index (χ2n) is 6.46. The van der Waals surface area contributed by atoms with Gasteiger partial charge in [0.15, 0.2) is 11.5 Å². The van der Waals surface area contributed by atoms with Gasteiger partial charge in [0, 0.05) is 6.54 Å². The Morgan fingerprint density at radius 1 is 0.931 bits per heavy atom. The maximum Gasteiger partial charge on any atom is 0.161 e. The van der Waals surface area contributed by atoms with Crippen molar-refractivity contribution in [2.75, 3.05) is 33.3 Å². The normalized spacial score (nSPS) is 10.2. The van der Waals surface area contributed by atoms with Crippen molar-refractivity contribution in [1.29, 1.82) is 0 Å². The average Bonchev–Trinajstić information content (AvgIpc) is 2.70. The maximum atomic E-state index is 13.0. The van der Waals surface area contributed by atoms with E-state index in [2.05, 4.69) is 24.1 Å². The molecule has 0 aliphatic heterocycles. The van der Waals surface area contributed by atoms with Crippen molar-refractivity contribution < 1.29 is 13.9 Å². The van der Waals surface area contributed by atoms with E-state index in [9.17, 15) is 4.39 Å². The number of ether oxygens (including phenoxy) is 2. The molecule has 0 aromatic heterocycles. The summed E-state index contributed by atoms with van der Waals surface area (Å²) in [4.78, 5) is 2.43. The molecule has 2 aromatic carbocycles. The first-order chi connectivity index (χ1) is 13.2. The van der Waals surface area contributed by atoms with Gasteiger partial charge in [0.25, 0.3) is 0 Å². The molecule has 7 heteroatoms. The molecule has 0 aliphatic rings. The van der Waals surface area contributed by atoms with E-state index >= 15 is 0 Å². The molecule has 0 unspecified atom stereocenters. The molecule has 2 aromatic rings. The Bertz CT molecular complexity index is 683. The molecule has 164 valence electrons. The van der Waals surface area contributed by atoms with E-state index in [1.54, 1.807) is 19.2 Å². The Morgan fingerprint density at radius 2 is 1.59 bits per heavy atom. The summed E-state index contributed by atoms with van der Waals surface area (Å²) >= 11 is 0. The van der Waals surface area contributed by atoms with Crippen LogP contribution in [0.15, 0.2) is 42.5 Å². The minimum Gasteiger partial charge on any atom is -0.493 e. The van der Waals surface area contributed by atoms with Crippen LogP contribution < -0.4 is 14.8 Å². The summed E-state index contributed by atoms with van der Waals surface area (Å²) in [6.45, 7) is 9.89. The number of methoxy groups -OCH3 is 1. The number of hydrogen-bond acceptors (Lipinski definition) is 4. The predicted molar refractivity (Wildman–Crippen MR) is 122 cm³/mol. The van der Waals surface area contributed by atoms with Crippen LogP contribution in [0.5, 0.6) is 11.5 Å². The van der Waals surface area contributed by atoms with Gasteiger partial charge >= 0.3 is 0 Å². The molecule has 0 amide bonds. The van der Waals surface area contributed by atoms with Crippen molar-refractivity contribution >= 4 is 24.8 Å². The first-order valence-corrected chi connectivity index (χ1v) is 9.63. The fourth-order valence-corrected chi connectivity index (χ4v) is 2.88. The van der Waals surface area contributed by atoms with Crippen LogP contribution >= 0.6 is 24.8 Å². The summed E-state index contributed by atoms with van der Waals surface area (Å²) < 4.78 is 24.3. The summed E-state index contributed by atoms with van der Waals surface area (Å²) in [5, 5.41) is 3.48. The summed E-state index contributed by atoms with van der Waals surface area (Å²) in [6, 6.07) is 12.3. The van der Waals surface area contributed by atoms with Crippen molar-refractivity contribution in [2.24, 2.45) is 0 Å². The van der Waals surface area contributed by atoms with Crippen LogP contribution in [-0.4, -0.2) is 38.2 Å². The molecule has 0 aliphatic carbocycles. The summed E-state index contributed by atoms with van der Waals surface area (Å²) in [6.07, 6.45) is 1.14. The van der Waals surface area contributed by atoms with E-state index in [1.165, 1.54) is 12.1 Å². The van der Waals surface area contributed by atoms with Gasteiger partial charge < -0.3 is 19.7 Å². The van der Waals surface area contributed by atoms with Crippen molar-refractivity contribution in [3.63, 3.8) is 0 Å². The monoisotopic (exact) mass is 446 g/mol. The summed E-state index contributed by atoms with van der Waals surface area (Å²) in [5.74, 6) is 1.15. The van der Waals surface area contributed by atoms with E-state index in [-0.39, 0.29) is 30.6 Å². The van der Waals surface area contributed by atoms with Crippen LogP contribution in [0.1, 0.15) is 31.4 Å². The standard InChI is InChI=1S/C22H31FN2O2.2ClH/c1-4-25(5-2)14-6-13-24-16-19-9-12-21(22(15-19)26-3)27-17-18-7-10-20(23)11-8-18;;/h7-12,15,24H,4-6,13-14,16-17H2,1-3H3;2*1H. The van der Waals surface area contributed by atoms with Gasteiger partial charge in [-0.3, -0.25) is 0 Å². The fourth-order valence-electron chi connectivity index (χ4n) is 2.88. The summed E-state index contributed by atoms with van der Waals surface area (Å²) in [5.41, 5.74) is 2.07. The molecule has 0 saturated carbocycles. The van der Waals surface area contributed by atoms with Gasteiger partial charge in [-0.05, 0) is 68.0 Å². The maximum absolute atomic E-state index is 13.0. The zero-order valence-corrected chi connectivity index (χ0v) is 19.1. The van der Waals surface area contributed by atoms with Gasteiger partial charge in [0.1, 0.15) is 12.4 Å². The number of rotatable bonds is 12. The molecular formula is C22H33Cl2FN2O2. The van der Waals surface area contributed by atoms with E-state index in [0.29, 0.717) is 18.1 Å². The molecule has 0 spiro atoms. The molecule has 0 atom stereocenters. The van der Waals surface area contributed by atoms with Gasteiger partial charge in [-0.2, -0.15) is 0 Å². The lowest BCUT2D eigenvalue weighted by Gasteiger charge is -2.17. The van der Waals surface area contributed by atoms with E-state index < -0.39 is 0 Å². The molecule has 0 heterocycles. The highest BCUT2D eigenvalue weighted by Crippen LogP contribution is 2.28. The zero-order valence-electron chi connectivity index (χ0n) is 17.4. The highest BCUT2D eigenvalue weighted by molar-refractivity contribution is 5.85. The number of nitrogens with zero attached hydrogens (tertiary/aromatic N) is 1. The van der Waals surface area contributed by atoms with Crippen molar-refractivity contribution in [3.05, 3.63) is 59.4 Å². The van der Waals surface area contributed by atoms with Crippen LogP contribution in [0.25, 0.3) is 0 Å². The Morgan fingerprint density at radius 3 is 2.21 bits per heavy atom. The summed E-state index contributed by atoms with van der Waals surface area (Å²) in [7, 11) is 1.64. The van der Waals surface area contributed by atoms with Gasteiger partial charge in [0.05, 0.1) is 7.11 Å². The molecule has 0 radical (unpaired) electrons. The van der Waals surface area contributed by atoms with Crippen LogP contribution in [0, 0.1) is 5.82 Å². The Labute approximate surface area is 186 Å². The molecular weight excluding hydrogens is 414 g/mol. The van der Waals surface area contributed by atoms with Gasteiger partial charge in [-0.15, -0.1) is 24.8 Å². The molecule has 0 bridgehead atoms. The van der Waals surface area contributed by atoms with Crippen molar-refractivity contribution in [2.45, 2.75) is 33.4 Å². The number of hydrogen-bond donors (Lipinski definition) is 1. The molecule has 0 saturated heterocycles. The minimum absolute atomic E-state index is 0. The predicted octanol–water partition coefficient (Wildman–Crippen LogP) is 5.08. The smallest absolute Gasteiger partial charge is 0.161 e. The van der Waals surface area contributed by atoms with E-state index in [1.807, 2.05) is 18.2 Å². The third-order valence-electron chi connectivity index (χ3n) is 4.59. The topological polar surface area (TPSA) is 33.7 Å². The largest absolute Gasteiger partial charge is 0.493 e. The molecule has 1 N–H and O–H groups in total. The second kappa shape index (κ2) is 15.3. The van der Waals surface area contributed by atoms with Crippen LogP contribution in [-0.2, 0) is 13.2 Å². The highest BCUT2D eigenvalue weighted by Gasteiger charge is 2.07. The van der Waals surface area contributed by atoms with E-state index in [4.69, 9.17) is 9.47 Å². The first-order valence-electron chi connectivity index (χ1n) is 9.63. The van der Waals surface area contributed by atoms with Crippen LogP contribution in [0.2, 0.25) is 0 Å². The van der Waals surface area contributed by atoms with Crippen molar-refractivity contribution in [1.82, 2.24) is 10.2 Å². The quantitative estimate of drug-likeness (QED) is 0.461. The minimum atomic E-state index is -0.245. The third-order valence-corrected chi connectivity index (χ3v) is 4.59. The fraction of sp³-hybridized carbons (Fsp3) is 0.455. The lowest BCUT2D eigenvalue weighted by molar-refractivity contribution is 0.284. The molecule has 0 fully saturated rings. The molecule has 29 heavy (non-hydrogen) atoms. The average molecular weight is 447 g/mol. The van der Waals surface area contributed by atoms with Gasteiger partial charge in [0.2, 0.25) is 0 Å². The first kappa shape index (κ1) is 27.5. The van der Waals surface area contributed by atoms with E-state index in [0.717, 1.165) is 50.3 Å². The molecule has 4 nitrogen and oxygen atoms in total. The van der Waals surface area contributed by atoms with Crippen LogP contribution in [0.3, 0.4) is 0 Å². The Hall–Kier alpha value is -1.53. The highest BCUT2D eigenvalue weighted by atomic mass is 35.5. The lowest BCUT2D eigenvalue weighted by atomic mass is 10.2.